The van der Waals surface area contributed by atoms with E-state index < -0.39 is 35.0 Å². The van der Waals surface area contributed by atoms with Crippen LogP contribution in [0.2, 0.25) is 0 Å². The normalized spacial score (nSPS) is 17.4. The minimum absolute atomic E-state index is 0.110. The molecule has 0 spiro atoms. The Morgan fingerprint density at radius 3 is 2.60 bits per heavy atom. The fourth-order valence-electron chi connectivity index (χ4n) is 3.09. The summed E-state index contributed by atoms with van der Waals surface area (Å²) >= 11 is 0. The molecule has 30 heavy (non-hydrogen) atoms. The Labute approximate surface area is 171 Å². The van der Waals surface area contributed by atoms with E-state index >= 15 is 0 Å². The summed E-state index contributed by atoms with van der Waals surface area (Å²) < 4.78 is 45.1. The number of halogens is 3. The maximum atomic E-state index is 13.3. The van der Waals surface area contributed by atoms with Crippen LogP contribution >= 0.6 is 0 Å². The highest BCUT2D eigenvalue weighted by Crippen LogP contribution is 2.33. The molecule has 1 saturated heterocycles. The summed E-state index contributed by atoms with van der Waals surface area (Å²) in [6.07, 6.45) is -4.54. The van der Waals surface area contributed by atoms with E-state index in [2.05, 4.69) is 10.3 Å². The number of ether oxygens (including phenoxy) is 1. The first-order valence-electron chi connectivity index (χ1n) is 9.25. The number of rotatable bonds is 5. The van der Waals surface area contributed by atoms with Crippen LogP contribution in [-0.4, -0.2) is 48.2 Å². The molecule has 1 aliphatic heterocycles. The lowest BCUT2D eigenvalue weighted by atomic mass is 10.1. The number of hydrogen-bond acceptors (Lipinski definition) is 8. The summed E-state index contributed by atoms with van der Waals surface area (Å²) in [7, 11) is 0. The van der Waals surface area contributed by atoms with E-state index in [4.69, 9.17) is 4.74 Å². The zero-order chi connectivity index (χ0) is 22.7. The molecule has 1 aromatic heterocycles. The minimum Gasteiger partial charge on any atom is -0.545 e. The van der Waals surface area contributed by atoms with E-state index in [1.165, 1.54) is 4.90 Å². The summed E-state index contributed by atoms with van der Waals surface area (Å²) in [5.74, 6) is -2.71. The zero-order valence-corrected chi connectivity index (χ0v) is 16.8. The van der Waals surface area contributed by atoms with E-state index in [9.17, 15) is 33.1 Å². The Morgan fingerprint density at radius 1 is 1.40 bits per heavy atom. The molecular formula is C19H22F3N4O4-. The van der Waals surface area contributed by atoms with E-state index in [0.29, 0.717) is 19.0 Å². The highest BCUT2D eigenvalue weighted by Gasteiger charge is 2.38. The number of hydrogen-bond donors (Lipinski definition) is 1. The lowest BCUT2D eigenvalue weighted by molar-refractivity contribution is -0.255. The number of anilines is 1. The zero-order valence-electron chi connectivity index (χ0n) is 16.8. The van der Waals surface area contributed by atoms with Crippen molar-refractivity contribution in [1.29, 1.82) is 5.26 Å². The maximum absolute atomic E-state index is 13.3. The maximum Gasteiger partial charge on any atom is 0.434 e. The van der Waals surface area contributed by atoms with E-state index in [1.54, 1.807) is 26.8 Å². The number of aromatic nitrogens is 1. The van der Waals surface area contributed by atoms with Gasteiger partial charge in [0.15, 0.2) is 5.69 Å². The molecule has 1 unspecified atom stereocenters. The number of aromatic carboxylic acids is 1. The number of alkyl halides is 3. The molecule has 1 fully saturated rings. The summed E-state index contributed by atoms with van der Waals surface area (Å²) in [5.41, 5.74) is -3.71. The molecule has 11 heteroatoms. The van der Waals surface area contributed by atoms with Crippen LogP contribution in [0, 0.1) is 11.3 Å². The van der Waals surface area contributed by atoms with Crippen LogP contribution in [0.4, 0.5) is 19.0 Å². The van der Waals surface area contributed by atoms with E-state index in [0.717, 1.165) is 0 Å². The molecule has 164 valence electrons. The van der Waals surface area contributed by atoms with Gasteiger partial charge < -0.3 is 24.9 Å². The predicted octanol–water partition coefficient (Wildman–Crippen LogP) is 1.24. The molecule has 0 aromatic carbocycles. The van der Waals surface area contributed by atoms with Gasteiger partial charge in [0, 0.05) is 37.7 Å². The Kier molecular flexibility index (Phi) is 6.92. The number of carboxylic acids is 1. The Morgan fingerprint density at radius 2 is 2.07 bits per heavy atom. The van der Waals surface area contributed by atoms with Gasteiger partial charge in [-0.1, -0.05) is 0 Å². The molecule has 0 bridgehead atoms. The third kappa shape index (κ3) is 6.06. The third-order valence-corrected chi connectivity index (χ3v) is 4.28. The first-order chi connectivity index (χ1) is 13.8. The second-order valence-corrected chi connectivity index (χ2v) is 7.87. The smallest absolute Gasteiger partial charge is 0.434 e. The largest absolute Gasteiger partial charge is 0.545 e. The van der Waals surface area contributed by atoms with Gasteiger partial charge >= 0.3 is 12.1 Å². The van der Waals surface area contributed by atoms with Crippen molar-refractivity contribution in [3.05, 3.63) is 22.9 Å². The number of carboxylic acid groups (broad SMARTS) is 1. The molecule has 2 rings (SSSR count). The summed E-state index contributed by atoms with van der Waals surface area (Å²) in [6, 6.07) is 2.08. The fourth-order valence-corrected chi connectivity index (χ4v) is 3.09. The number of carbonyl (C=O) groups is 2. The Balaban J connectivity index is 2.23. The van der Waals surface area contributed by atoms with Crippen LogP contribution in [0.3, 0.4) is 0 Å². The highest BCUT2D eigenvalue weighted by molar-refractivity contribution is 5.88. The number of esters is 1. The first-order valence-corrected chi connectivity index (χ1v) is 9.25. The van der Waals surface area contributed by atoms with Crippen molar-refractivity contribution >= 4 is 17.8 Å². The minimum atomic E-state index is -5.03. The van der Waals surface area contributed by atoms with Gasteiger partial charge in [-0.05, 0) is 33.3 Å². The van der Waals surface area contributed by atoms with Crippen molar-refractivity contribution in [2.45, 2.75) is 51.4 Å². The second kappa shape index (κ2) is 8.87. The summed E-state index contributed by atoms with van der Waals surface area (Å²) in [4.78, 5) is 28.0. The quantitative estimate of drug-likeness (QED) is 0.698. The number of carbonyl (C=O) groups excluding carboxylic acids is 2. The molecule has 0 amide bonds. The standard InChI is InChI=1S/C19H23F3N4O4/c1-18(2,3)30-14(27)5-4-12-10-26(7-6-24-12)16-11(9-23)8-13(17(28)29)15(25-16)19(20,21)22/h8,12,24H,4-7,10H2,1-3H3,(H,28,29)/p-1. The molecule has 2 heterocycles. The lowest BCUT2D eigenvalue weighted by Crippen LogP contribution is -2.51. The van der Waals surface area contributed by atoms with Gasteiger partial charge in [0.05, 0.1) is 11.5 Å². The molecule has 0 saturated carbocycles. The van der Waals surface area contributed by atoms with Crippen molar-refractivity contribution in [3.63, 3.8) is 0 Å². The van der Waals surface area contributed by atoms with Crippen LogP contribution in [0.15, 0.2) is 6.07 Å². The molecule has 1 atom stereocenters. The van der Waals surface area contributed by atoms with Crippen LogP contribution in [0.1, 0.15) is 55.2 Å². The SMILES string of the molecule is CC(C)(C)OC(=O)CCC1CN(c2nc(C(F)(F)F)c(C(=O)[O-])cc2C#N)CCN1. The van der Waals surface area contributed by atoms with Gasteiger partial charge in [-0.15, -0.1) is 0 Å². The van der Waals surface area contributed by atoms with Gasteiger partial charge in [-0.25, -0.2) is 4.98 Å². The first kappa shape index (κ1) is 23.4. The Hall–Kier alpha value is -2.87. The molecule has 8 nitrogen and oxygen atoms in total. The van der Waals surface area contributed by atoms with Gasteiger partial charge in [0.25, 0.3) is 0 Å². The van der Waals surface area contributed by atoms with E-state index in [-0.39, 0.29) is 36.9 Å². The second-order valence-electron chi connectivity index (χ2n) is 7.87. The third-order valence-electron chi connectivity index (χ3n) is 4.28. The Bertz CT molecular complexity index is 859. The highest BCUT2D eigenvalue weighted by atomic mass is 19.4. The van der Waals surface area contributed by atoms with Crippen LogP contribution in [0.5, 0.6) is 0 Å². The van der Waals surface area contributed by atoms with E-state index in [1.807, 2.05) is 0 Å². The average Bonchev–Trinajstić information content (AvgIpc) is 2.63. The molecular weight excluding hydrogens is 405 g/mol. The van der Waals surface area contributed by atoms with Crippen molar-refractivity contribution in [3.8, 4) is 6.07 Å². The van der Waals surface area contributed by atoms with Gasteiger partial charge in [0.2, 0.25) is 0 Å². The molecule has 1 aromatic rings. The van der Waals surface area contributed by atoms with Crippen molar-refractivity contribution in [1.82, 2.24) is 10.3 Å². The predicted molar refractivity (Wildman–Crippen MR) is 97.4 cm³/mol. The lowest BCUT2D eigenvalue weighted by Gasteiger charge is -2.35. The number of piperazine rings is 1. The molecule has 1 aliphatic rings. The van der Waals surface area contributed by atoms with Crippen LogP contribution < -0.4 is 15.3 Å². The van der Waals surface area contributed by atoms with Gasteiger partial charge in [-0.3, -0.25) is 4.79 Å². The van der Waals surface area contributed by atoms with Gasteiger partial charge in [-0.2, -0.15) is 18.4 Å². The average molecular weight is 427 g/mol. The number of nitrogens with one attached hydrogen (secondary N) is 1. The van der Waals surface area contributed by atoms with Crippen molar-refractivity contribution in [2.75, 3.05) is 24.5 Å². The van der Waals surface area contributed by atoms with Gasteiger partial charge in [0.1, 0.15) is 17.5 Å². The van der Waals surface area contributed by atoms with Crippen molar-refractivity contribution in [2.24, 2.45) is 0 Å². The fraction of sp³-hybridized carbons (Fsp3) is 0.579. The topological polar surface area (TPSA) is 118 Å². The number of nitriles is 1. The summed E-state index contributed by atoms with van der Waals surface area (Å²) in [6.45, 7) is 6.06. The number of nitrogens with zero attached hydrogens (tertiary/aromatic N) is 3. The van der Waals surface area contributed by atoms with Crippen LogP contribution in [-0.2, 0) is 15.7 Å². The summed E-state index contributed by atoms with van der Waals surface area (Å²) in [5, 5.41) is 23.6. The van der Waals surface area contributed by atoms with Crippen molar-refractivity contribution < 1.29 is 32.6 Å². The monoisotopic (exact) mass is 427 g/mol. The van der Waals surface area contributed by atoms with Crippen LogP contribution in [0.25, 0.3) is 0 Å². The molecule has 0 aliphatic carbocycles. The number of pyridine rings is 1. The molecule has 1 N–H and O–H groups in total. The molecule has 0 radical (unpaired) electrons.